The molecule has 1 aliphatic carbocycles. The average molecular weight is 250 g/mol. The molecule has 0 saturated carbocycles. The molecule has 0 N–H and O–H groups in total. The molecule has 1 aliphatic rings. The van der Waals surface area contributed by atoms with Crippen molar-refractivity contribution in [2.24, 2.45) is 5.92 Å². The van der Waals surface area contributed by atoms with E-state index >= 15 is 0 Å². The van der Waals surface area contributed by atoms with Crippen LogP contribution < -0.4 is 0 Å². The number of carbonyl (C=O) groups excluding carboxylic acids is 2. The Kier molecular flexibility index (Phi) is 2.79. The maximum absolute atomic E-state index is 12.4. The molecule has 0 aliphatic heterocycles. The minimum absolute atomic E-state index is 0.0347. The number of ketones is 2. The van der Waals surface area contributed by atoms with E-state index in [1.807, 2.05) is 43.3 Å². The van der Waals surface area contributed by atoms with Crippen LogP contribution in [0.1, 0.15) is 31.8 Å². The van der Waals surface area contributed by atoms with E-state index in [4.69, 9.17) is 0 Å². The first-order valence-corrected chi connectivity index (χ1v) is 6.40. The highest BCUT2D eigenvalue weighted by atomic mass is 16.2. The lowest BCUT2D eigenvalue weighted by molar-refractivity contribution is 0.0822. The van der Waals surface area contributed by atoms with Crippen molar-refractivity contribution in [1.29, 1.82) is 0 Å². The first-order valence-electron chi connectivity index (χ1n) is 6.40. The minimum Gasteiger partial charge on any atom is -0.293 e. The zero-order chi connectivity index (χ0) is 13.4. The maximum atomic E-state index is 12.4. The van der Waals surface area contributed by atoms with Gasteiger partial charge in [0.25, 0.3) is 0 Å². The Morgan fingerprint density at radius 1 is 1.11 bits per heavy atom. The summed E-state index contributed by atoms with van der Waals surface area (Å²) >= 11 is 0. The number of rotatable bonds is 2. The van der Waals surface area contributed by atoms with Gasteiger partial charge in [0, 0.05) is 11.1 Å². The van der Waals surface area contributed by atoms with Gasteiger partial charge in [0.1, 0.15) is 0 Å². The molecule has 1 atom stereocenters. The highest BCUT2D eigenvalue weighted by Gasteiger charge is 2.35. The van der Waals surface area contributed by atoms with Gasteiger partial charge in [0.05, 0.1) is 5.92 Å². The summed E-state index contributed by atoms with van der Waals surface area (Å²) in [7, 11) is 0. The van der Waals surface area contributed by atoms with Gasteiger partial charge in [-0.2, -0.15) is 0 Å². The SMILES string of the molecule is Cc1ccc2c(c1)C(=O)C(C(=O)c1ccccc1)C2. The summed E-state index contributed by atoms with van der Waals surface area (Å²) in [5.41, 5.74) is 3.38. The summed E-state index contributed by atoms with van der Waals surface area (Å²) in [6.07, 6.45) is 0.530. The molecule has 2 nitrogen and oxygen atoms in total. The predicted molar refractivity (Wildman–Crippen MR) is 73.5 cm³/mol. The van der Waals surface area contributed by atoms with Crippen molar-refractivity contribution in [3.8, 4) is 0 Å². The Labute approximate surface area is 112 Å². The number of benzene rings is 2. The highest BCUT2D eigenvalue weighted by molar-refractivity contribution is 6.18. The van der Waals surface area contributed by atoms with Crippen LogP contribution in [0.2, 0.25) is 0 Å². The summed E-state index contributed by atoms with van der Waals surface area (Å²) in [5, 5.41) is 0. The smallest absolute Gasteiger partial charge is 0.174 e. The molecule has 2 aromatic carbocycles. The van der Waals surface area contributed by atoms with Crippen LogP contribution in [-0.2, 0) is 6.42 Å². The standard InChI is InChI=1S/C17H14O2/c1-11-7-8-13-10-15(17(19)14(13)9-11)16(18)12-5-3-2-4-6-12/h2-9,15H,10H2,1H3. The van der Waals surface area contributed by atoms with E-state index in [0.29, 0.717) is 17.5 Å². The zero-order valence-electron chi connectivity index (χ0n) is 10.7. The first kappa shape index (κ1) is 11.8. The molecule has 0 saturated heterocycles. The molecule has 2 heteroatoms. The molecular weight excluding hydrogens is 236 g/mol. The summed E-state index contributed by atoms with van der Waals surface area (Å²) in [4.78, 5) is 24.7. The molecule has 1 unspecified atom stereocenters. The van der Waals surface area contributed by atoms with E-state index in [0.717, 1.165) is 11.1 Å². The second kappa shape index (κ2) is 4.47. The van der Waals surface area contributed by atoms with Crippen LogP contribution in [0.5, 0.6) is 0 Å². The average Bonchev–Trinajstić information content (AvgIpc) is 2.76. The predicted octanol–water partition coefficient (Wildman–Crippen LogP) is 3.23. The molecule has 0 heterocycles. The third kappa shape index (κ3) is 1.99. The lowest BCUT2D eigenvalue weighted by Crippen LogP contribution is -2.20. The fraction of sp³-hybridized carbons (Fsp3) is 0.176. The number of fused-ring (bicyclic) bond motifs is 1. The van der Waals surface area contributed by atoms with Crippen molar-refractivity contribution in [1.82, 2.24) is 0 Å². The summed E-state index contributed by atoms with van der Waals surface area (Å²) in [6.45, 7) is 1.96. The summed E-state index contributed by atoms with van der Waals surface area (Å²) in [6, 6.07) is 14.9. The second-order valence-electron chi connectivity index (χ2n) is 5.01. The van der Waals surface area contributed by atoms with E-state index in [1.165, 1.54) is 0 Å². The normalized spacial score (nSPS) is 17.3. The number of aryl methyl sites for hydroxylation is 1. The Morgan fingerprint density at radius 2 is 1.84 bits per heavy atom. The number of carbonyl (C=O) groups is 2. The lowest BCUT2D eigenvalue weighted by Gasteiger charge is -2.06. The fourth-order valence-corrected chi connectivity index (χ4v) is 2.61. The molecule has 0 spiro atoms. The Bertz CT molecular complexity index is 656. The van der Waals surface area contributed by atoms with Crippen molar-refractivity contribution in [2.75, 3.05) is 0 Å². The molecular formula is C17H14O2. The zero-order valence-corrected chi connectivity index (χ0v) is 10.7. The van der Waals surface area contributed by atoms with E-state index in [2.05, 4.69) is 0 Å². The van der Waals surface area contributed by atoms with Crippen LogP contribution in [0, 0.1) is 12.8 Å². The van der Waals surface area contributed by atoms with Crippen molar-refractivity contribution in [2.45, 2.75) is 13.3 Å². The molecule has 0 fully saturated rings. The van der Waals surface area contributed by atoms with Crippen molar-refractivity contribution < 1.29 is 9.59 Å². The van der Waals surface area contributed by atoms with Gasteiger partial charge in [-0.25, -0.2) is 0 Å². The van der Waals surface area contributed by atoms with Gasteiger partial charge in [-0.1, -0.05) is 48.0 Å². The minimum atomic E-state index is -0.542. The van der Waals surface area contributed by atoms with E-state index < -0.39 is 5.92 Å². The molecule has 3 rings (SSSR count). The first-order chi connectivity index (χ1) is 9.16. The summed E-state index contributed by atoms with van der Waals surface area (Å²) in [5.74, 6) is -0.647. The molecule has 0 aromatic heterocycles. The topological polar surface area (TPSA) is 34.1 Å². The third-order valence-corrected chi connectivity index (χ3v) is 3.65. The van der Waals surface area contributed by atoms with Crippen LogP contribution in [0.15, 0.2) is 48.5 Å². The molecule has 0 amide bonds. The van der Waals surface area contributed by atoms with Crippen LogP contribution in [0.25, 0.3) is 0 Å². The summed E-state index contributed by atoms with van der Waals surface area (Å²) < 4.78 is 0. The van der Waals surface area contributed by atoms with Gasteiger partial charge in [-0.05, 0) is 25.0 Å². The maximum Gasteiger partial charge on any atom is 0.174 e. The quantitative estimate of drug-likeness (QED) is 0.605. The van der Waals surface area contributed by atoms with E-state index in [9.17, 15) is 9.59 Å². The number of Topliss-reactive ketones (excluding diaryl/α,β-unsaturated/α-hetero) is 2. The molecule has 2 aromatic rings. The Hall–Kier alpha value is -2.22. The van der Waals surface area contributed by atoms with Crippen molar-refractivity contribution in [3.05, 3.63) is 70.8 Å². The second-order valence-corrected chi connectivity index (χ2v) is 5.01. The fourth-order valence-electron chi connectivity index (χ4n) is 2.61. The highest BCUT2D eigenvalue weighted by Crippen LogP contribution is 2.29. The molecule has 19 heavy (non-hydrogen) atoms. The van der Waals surface area contributed by atoms with Crippen LogP contribution >= 0.6 is 0 Å². The Morgan fingerprint density at radius 3 is 2.58 bits per heavy atom. The van der Waals surface area contributed by atoms with Crippen molar-refractivity contribution >= 4 is 11.6 Å². The van der Waals surface area contributed by atoms with E-state index in [-0.39, 0.29) is 11.6 Å². The molecule has 0 radical (unpaired) electrons. The van der Waals surface area contributed by atoms with Crippen LogP contribution in [-0.4, -0.2) is 11.6 Å². The van der Waals surface area contributed by atoms with Gasteiger partial charge >= 0.3 is 0 Å². The number of hydrogen-bond acceptors (Lipinski definition) is 2. The van der Waals surface area contributed by atoms with Gasteiger partial charge < -0.3 is 0 Å². The lowest BCUT2D eigenvalue weighted by atomic mass is 9.94. The van der Waals surface area contributed by atoms with Crippen molar-refractivity contribution in [3.63, 3.8) is 0 Å². The Balaban J connectivity index is 1.94. The number of hydrogen-bond donors (Lipinski definition) is 0. The van der Waals surface area contributed by atoms with Crippen LogP contribution in [0.4, 0.5) is 0 Å². The van der Waals surface area contributed by atoms with Gasteiger partial charge in [0.15, 0.2) is 11.6 Å². The monoisotopic (exact) mass is 250 g/mol. The van der Waals surface area contributed by atoms with E-state index in [1.54, 1.807) is 12.1 Å². The van der Waals surface area contributed by atoms with Gasteiger partial charge in [-0.3, -0.25) is 9.59 Å². The molecule has 0 bridgehead atoms. The van der Waals surface area contributed by atoms with Crippen LogP contribution in [0.3, 0.4) is 0 Å². The molecule has 94 valence electrons. The largest absolute Gasteiger partial charge is 0.293 e. The van der Waals surface area contributed by atoms with Gasteiger partial charge in [-0.15, -0.1) is 0 Å². The van der Waals surface area contributed by atoms with Gasteiger partial charge in [0.2, 0.25) is 0 Å². The third-order valence-electron chi connectivity index (χ3n) is 3.65.